The van der Waals surface area contributed by atoms with Gasteiger partial charge in [0.15, 0.2) is 0 Å². The maximum atomic E-state index is 12.2. The van der Waals surface area contributed by atoms with Gasteiger partial charge in [-0.15, -0.1) is 0 Å². The van der Waals surface area contributed by atoms with Gasteiger partial charge in [-0.1, -0.05) is 62.8 Å². The minimum absolute atomic E-state index is 0.202. The lowest BCUT2D eigenvalue weighted by molar-refractivity contribution is -0.126. The van der Waals surface area contributed by atoms with E-state index in [1.54, 1.807) is 0 Å². The number of hydrogen-bond donors (Lipinski definition) is 2. The van der Waals surface area contributed by atoms with Gasteiger partial charge in [-0.2, -0.15) is 0 Å². The Hall–Kier alpha value is -1.84. The minimum Gasteiger partial charge on any atom is -0.352 e. The number of amides is 2. The molecular formula is C22H32N2O2. The van der Waals surface area contributed by atoms with Crippen molar-refractivity contribution in [2.75, 3.05) is 0 Å². The predicted octanol–water partition coefficient (Wildman–Crippen LogP) is 4.08. The standard InChI is InChI=1S/C22H32N2O2/c25-21(19-7-3-1-4-8-19)23-15-17-11-13-18(14-12-17)16-24-22(26)20-9-5-2-6-10-20/h11-14,19-20H,1-10,15-16H2,(H,23,25)(H,24,26). The van der Waals surface area contributed by atoms with Gasteiger partial charge in [0.1, 0.15) is 0 Å². The highest BCUT2D eigenvalue weighted by atomic mass is 16.2. The highest BCUT2D eigenvalue weighted by Gasteiger charge is 2.21. The van der Waals surface area contributed by atoms with Gasteiger partial charge >= 0.3 is 0 Å². The molecule has 142 valence electrons. The molecule has 2 aliphatic carbocycles. The second-order valence-corrected chi connectivity index (χ2v) is 7.92. The Balaban J connectivity index is 1.40. The maximum absolute atomic E-state index is 12.2. The summed E-state index contributed by atoms with van der Waals surface area (Å²) in [4.78, 5) is 24.4. The quantitative estimate of drug-likeness (QED) is 0.807. The Morgan fingerprint density at radius 3 is 1.35 bits per heavy atom. The van der Waals surface area contributed by atoms with E-state index in [2.05, 4.69) is 10.6 Å². The molecule has 1 aromatic rings. The maximum Gasteiger partial charge on any atom is 0.223 e. The molecule has 3 rings (SSSR count). The van der Waals surface area contributed by atoms with Crippen LogP contribution < -0.4 is 10.6 Å². The molecule has 0 heterocycles. The van der Waals surface area contributed by atoms with Crippen LogP contribution in [0.2, 0.25) is 0 Å². The topological polar surface area (TPSA) is 58.2 Å². The van der Waals surface area contributed by atoms with Crippen LogP contribution in [-0.4, -0.2) is 11.8 Å². The van der Waals surface area contributed by atoms with E-state index in [9.17, 15) is 9.59 Å². The third-order valence-electron chi connectivity index (χ3n) is 5.91. The smallest absolute Gasteiger partial charge is 0.223 e. The number of benzene rings is 1. The molecule has 0 spiro atoms. The number of nitrogens with one attached hydrogen (secondary N) is 2. The third-order valence-corrected chi connectivity index (χ3v) is 5.91. The molecule has 0 aromatic heterocycles. The molecule has 0 bridgehead atoms. The van der Waals surface area contributed by atoms with Crippen molar-refractivity contribution in [1.29, 1.82) is 0 Å². The number of rotatable bonds is 6. The largest absolute Gasteiger partial charge is 0.352 e. The van der Waals surface area contributed by atoms with Crippen LogP contribution in [0.1, 0.15) is 75.3 Å². The average molecular weight is 357 g/mol. The molecule has 2 aliphatic rings. The van der Waals surface area contributed by atoms with Crippen molar-refractivity contribution >= 4 is 11.8 Å². The first-order valence-corrected chi connectivity index (χ1v) is 10.4. The van der Waals surface area contributed by atoms with Gasteiger partial charge in [-0.05, 0) is 36.8 Å². The van der Waals surface area contributed by atoms with Gasteiger partial charge in [-0.3, -0.25) is 9.59 Å². The summed E-state index contributed by atoms with van der Waals surface area (Å²) in [6.45, 7) is 1.17. The van der Waals surface area contributed by atoms with E-state index in [1.807, 2.05) is 24.3 Å². The highest BCUT2D eigenvalue weighted by Crippen LogP contribution is 2.24. The Labute approximate surface area is 157 Å². The molecule has 2 N–H and O–H groups in total. The van der Waals surface area contributed by atoms with Crippen molar-refractivity contribution in [3.63, 3.8) is 0 Å². The fourth-order valence-electron chi connectivity index (χ4n) is 4.17. The average Bonchev–Trinajstić information content (AvgIpc) is 2.72. The van der Waals surface area contributed by atoms with E-state index in [4.69, 9.17) is 0 Å². The summed E-state index contributed by atoms with van der Waals surface area (Å²) < 4.78 is 0. The fraction of sp³-hybridized carbons (Fsp3) is 0.636. The van der Waals surface area contributed by atoms with Gasteiger partial charge in [0, 0.05) is 24.9 Å². The van der Waals surface area contributed by atoms with Gasteiger partial charge in [0.05, 0.1) is 0 Å². The second kappa shape index (κ2) is 9.75. The first-order chi connectivity index (χ1) is 12.7. The first kappa shape index (κ1) is 18.9. The molecule has 0 atom stereocenters. The van der Waals surface area contributed by atoms with E-state index in [1.165, 1.54) is 38.5 Å². The molecule has 2 fully saturated rings. The molecule has 4 nitrogen and oxygen atoms in total. The van der Waals surface area contributed by atoms with E-state index in [0.29, 0.717) is 13.1 Å². The Morgan fingerprint density at radius 1 is 0.654 bits per heavy atom. The summed E-state index contributed by atoms with van der Waals surface area (Å²) >= 11 is 0. The van der Waals surface area contributed by atoms with Crippen molar-refractivity contribution in [2.45, 2.75) is 77.3 Å². The molecule has 0 aliphatic heterocycles. The van der Waals surface area contributed by atoms with E-state index >= 15 is 0 Å². The molecule has 0 radical (unpaired) electrons. The summed E-state index contributed by atoms with van der Waals surface area (Å²) in [5, 5.41) is 6.15. The summed E-state index contributed by atoms with van der Waals surface area (Å²) in [6, 6.07) is 8.18. The normalized spacial score (nSPS) is 19.1. The van der Waals surface area contributed by atoms with Crippen LogP contribution in [0.25, 0.3) is 0 Å². The van der Waals surface area contributed by atoms with E-state index < -0.39 is 0 Å². The van der Waals surface area contributed by atoms with Crippen LogP contribution in [0, 0.1) is 11.8 Å². The lowest BCUT2D eigenvalue weighted by Gasteiger charge is -2.21. The van der Waals surface area contributed by atoms with E-state index in [-0.39, 0.29) is 23.7 Å². The van der Waals surface area contributed by atoms with Crippen LogP contribution in [0.3, 0.4) is 0 Å². The van der Waals surface area contributed by atoms with Crippen LogP contribution in [0.4, 0.5) is 0 Å². The minimum atomic E-state index is 0.202. The molecule has 2 saturated carbocycles. The van der Waals surface area contributed by atoms with Gasteiger partial charge in [-0.25, -0.2) is 0 Å². The zero-order chi connectivity index (χ0) is 18.2. The van der Waals surface area contributed by atoms with Crippen molar-refractivity contribution in [2.24, 2.45) is 11.8 Å². The lowest BCUT2D eigenvalue weighted by atomic mass is 9.88. The molecule has 1 aromatic carbocycles. The molecule has 0 saturated heterocycles. The van der Waals surface area contributed by atoms with Crippen LogP contribution in [0.15, 0.2) is 24.3 Å². The Morgan fingerprint density at radius 2 is 1.00 bits per heavy atom. The first-order valence-electron chi connectivity index (χ1n) is 10.4. The summed E-state index contributed by atoms with van der Waals surface area (Å²) in [5.74, 6) is 0.818. The Bertz CT molecular complexity index is 532. The van der Waals surface area contributed by atoms with Crippen molar-refractivity contribution < 1.29 is 9.59 Å². The van der Waals surface area contributed by atoms with Gasteiger partial charge in [0.2, 0.25) is 11.8 Å². The fourth-order valence-corrected chi connectivity index (χ4v) is 4.17. The van der Waals surface area contributed by atoms with Crippen LogP contribution in [-0.2, 0) is 22.7 Å². The SMILES string of the molecule is O=C(NCc1ccc(CNC(=O)C2CCCCC2)cc1)C1CCCCC1. The van der Waals surface area contributed by atoms with Gasteiger partial charge < -0.3 is 10.6 Å². The number of carbonyl (C=O) groups excluding carboxylic acids is 2. The van der Waals surface area contributed by atoms with Crippen LogP contribution in [0.5, 0.6) is 0 Å². The molecule has 4 heteroatoms. The number of carbonyl (C=O) groups is 2. The third kappa shape index (κ3) is 5.58. The van der Waals surface area contributed by atoms with Crippen molar-refractivity contribution in [3.05, 3.63) is 35.4 Å². The number of hydrogen-bond acceptors (Lipinski definition) is 2. The summed E-state index contributed by atoms with van der Waals surface area (Å²) in [6.07, 6.45) is 11.4. The summed E-state index contributed by atoms with van der Waals surface area (Å²) in [7, 11) is 0. The monoisotopic (exact) mass is 356 g/mol. The molecule has 26 heavy (non-hydrogen) atoms. The molecular weight excluding hydrogens is 324 g/mol. The van der Waals surface area contributed by atoms with E-state index in [0.717, 1.165) is 36.8 Å². The van der Waals surface area contributed by atoms with Crippen LogP contribution >= 0.6 is 0 Å². The molecule has 0 unspecified atom stereocenters. The lowest BCUT2D eigenvalue weighted by Crippen LogP contribution is -2.31. The zero-order valence-corrected chi connectivity index (χ0v) is 15.8. The second-order valence-electron chi connectivity index (χ2n) is 7.92. The zero-order valence-electron chi connectivity index (χ0n) is 15.8. The highest BCUT2D eigenvalue weighted by molar-refractivity contribution is 5.79. The predicted molar refractivity (Wildman–Crippen MR) is 103 cm³/mol. The van der Waals surface area contributed by atoms with Gasteiger partial charge in [0.25, 0.3) is 0 Å². The summed E-state index contributed by atoms with van der Waals surface area (Å²) in [5.41, 5.74) is 2.22. The van der Waals surface area contributed by atoms with Crippen molar-refractivity contribution in [3.8, 4) is 0 Å². The molecule has 2 amide bonds. The Kier molecular flexibility index (Phi) is 7.10. The van der Waals surface area contributed by atoms with Crippen molar-refractivity contribution in [1.82, 2.24) is 10.6 Å².